The lowest BCUT2D eigenvalue weighted by molar-refractivity contribution is -0.141. The summed E-state index contributed by atoms with van der Waals surface area (Å²) in [5.41, 5.74) is 0.899. The van der Waals surface area contributed by atoms with Gasteiger partial charge in [-0.2, -0.15) is 18.3 Å². The molecule has 1 heterocycles. The maximum atomic E-state index is 13.3. The molecule has 0 atom stereocenters. The molecular formula is C24H18ClF3N2O3S. The Hall–Kier alpha value is -3.30. The molecular weight excluding hydrogens is 489 g/mol. The number of benzene rings is 3. The Bertz CT molecular complexity index is 1430. The zero-order chi connectivity index (χ0) is 24.5. The van der Waals surface area contributed by atoms with Crippen molar-refractivity contribution in [1.82, 2.24) is 9.78 Å². The summed E-state index contributed by atoms with van der Waals surface area (Å²) < 4.78 is 70.3. The number of halogens is 4. The monoisotopic (exact) mass is 506 g/mol. The van der Waals surface area contributed by atoms with Crippen molar-refractivity contribution in [2.45, 2.75) is 17.7 Å². The highest BCUT2D eigenvalue weighted by Gasteiger charge is 2.35. The summed E-state index contributed by atoms with van der Waals surface area (Å²) in [5, 5.41) is 3.94. The molecule has 0 fully saturated rings. The van der Waals surface area contributed by atoms with Crippen molar-refractivity contribution < 1.29 is 26.3 Å². The quantitative estimate of drug-likeness (QED) is 0.312. The van der Waals surface area contributed by atoms with Gasteiger partial charge in [0.05, 0.1) is 21.3 Å². The molecule has 4 rings (SSSR count). The lowest BCUT2D eigenvalue weighted by Crippen LogP contribution is -2.08. The average Bonchev–Trinajstić information content (AvgIpc) is 3.22. The van der Waals surface area contributed by atoms with Gasteiger partial charge in [0.2, 0.25) is 0 Å². The van der Waals surface area contributed by atoms with E-state index in [4.69, 9.17) is 16.3 Å². The molecule has 4 aromatic rings. The van der Waals surface area contributed by atoms with E-state index >= 15 is 0 Å². The van der Waals surface area contributed by atoms with Crippen molar-refractivity contribution in [2.24, 2.45) is 0 Å². The summed E-state index contributed by atoms with van der Waals surface area (Å²) >= 11 is 6.17. The molecule has 1 aromatic heterocycles. The van der Waals surface area contributed by atoms with Crippen LogP contribution < -0.4 is 4.74 Å². The zero-order valence-electron chi connectivity index (χ0n) is 17.8. The van der Waals surface area contributed by atoms with Crippen LogP contribution in [0.1, 0.15) is 11.4 Å². The third kappa shape index (κ3) is 5.26. The molecule has 0 aliphatic heterocycles. The van der Waals surface area contributed by atoms with E-state index in [1.165, 1.54) is 6.07 Å². The van der Waals surface area contributed by atoms with E-state index in [1.807, 2.05) is 0 Å². The maximum absolute atomic E-state index is 13.3. The van der Waals surface area contributed by atoms with Gasteiger partial charge in [-0.3, -0.25) is 0 Å². The Kier molecular flexibility index (Phi) is 6.42. The van der Waals surface area contributed by atoms with Gasteiger partial charge in [-0.05, 0) is 53.6 Å². The van der Waals surface area contributed by atoms with E-state index in [1.54, 1.807) is 66.7 Å². The lowest BCUT2D eigenvalue weighted by Gasteiger charge is -2.11. The van der Waals surface area contributed by atoms with Crippen LogP contribution in [-0.4, -0.2) is 24.5 Å². The predicted molar refractivity (Wildman–Crippen MR) is 123 cm³/mol. The van der Waals surface area contributed by atoms with Crippen molar-refractivity contribution >= 4 is 21.4 Å². The topological polar surface area (TPSA) is 61.2 Å². The Balaban J connectivity index is 1.57. The number of hydrogen-bond donors (Lipinski definition) is 0. The molecule has 10 heteroatoms. The molecule has 34 heavy (non-hydrogen) atoms. The fourth-order valence-corrected chi connectivity index (χ4v) is 4.18. The summed E-state index contributed by atoms with van der Waals surface area (Å²) in [6.07, 6.45) is -3.48. The van der Waals surface area contributed by atoms with Gasteiger partial charge in [-0.25, -0.2) is 13.1 Å². The Morgan fingerprint density at radius 1 is 0.941 bits per heavy atom. The molecule has 0 N–H and O–H groups in total. The molecule has 0 saturated heterocycles. The number of ether oxygens (including phenoxy) is 1. The van der Waals surface area contributed by atoms with Crippen molar-refractivity contribution in [3.63, 3.8) is 0 Å². The van der Waals surface area contributed by atoms with E-state index < -0.39 is 21.7 Å². The molecule has 176 valence electrons. The van der Waals surface area contributed by atoms with Gasteiger partial charge >= 0.3 is 6.18 Å². The number of alkyl halides is 3. The van der Waals surface area contributed by atoms with E-state index in [0.717, 1.165) is 22.6 Å². The second-order valence-corrected chi connectivity index (χ2v) is 9.92. The largest absolute Gasteiger partial charge is 0.487 e. The minimum Gasteiger partial charge on any atom is -0.487 e. The Labute approximate surface area is 199 Å². The number of aromatic nitrogens is 2. The SMILES string of the molecule is CS(=O)(=O)c1cccc(-c2ccc(OCc3cc(C(F)(F)F)nn3-c3ccccc3Cl)cc2)c1. The predicted octanol–water partition coefficient (Wildman–Crippen LogP) is 6.19. The van der Waals surface area contributed by atoms with Gasteiger partial charge < -0.3 is 4.74 Å². The van der Waals surface area contributed by atoms with E-state index in [9.17, 15) is 21.6 Å². The van der Waals surface area contributed by atoms with Gasteiger partial charge in [-0.1, -0.05) is 48.0 Å². The Morgan fingerprint density at radius 2 is 1.65 bits per heavy atom. The number of nitrogens with zero attached hydrogens (tertiary/aromatic N) is 2. The minimum absolute atomic E-state index is 0.172. The van der Waals surface area contributed by atoms with Crippen LogP contribution >= 0.6 is 11.6 Å². The standard InChI is InChI=1S/C24H18ClF3N2O3S/c1-34(31,32)20-6-4-5-17(13-20)16-9-11-19(12-10-16)33-15-18-14-23(24(26,27)28)29-30(18)22-8-3-2-7-21(22)25/h2-14H,15H2,1H3. The van der Waals surface area contributed by atoms with Crippen LogP contribution in [0.4, 0.5) is 13.2 Å². The molecule has 0 unspecified atom stereocenters. The van der Waals surface area contributed by atoms with Crippen LogP contribution in [0.25, 0.3) is 16.8 Å². The first-order valence-electron chi connectivity index (χ1n) is 9.97. The summed E-state index contributed by atoms with van der Waals surface area (Å²) in [4.78, 5) is 0.207. The number of hydrogen-bond acceptors (Lipinski definition) is 4. The summed E-state index contributed by atoms with van der Waals surface area (Å²) in [6.45, 7) is -0.183. The third-order valence-electron chi connectivity index (χ3n) is 4.99. The fraction of sp³-hybridized carbons (Fsp3) is 0.125. The second kappa shape index (κ2) is 9.15. The van der Waals surface area contributed by atoms with Crippen LogP contribution in [0.3, 0.4) is 0 Å². The zero-order valence-corrected chi connectivity index (χ0v) is 19.3. The van der Waals surface area contributed by atoms with Gasteiger partial charge in [-0.15, -0.1) is 0 Å². The molecule has 0 radical (unpaired) electrons. The highest BCUT2D eigenvalue weighted by molar-refractivity contribution is 7.90. The highest BCUT2D eigenvalue weighted by Crippen LogP contribution is 2.31. The summed E-state index contributed by atoms with van der Waals surface area (Å²) in [6, 6.07) is 20.7. The molecule has 0 aliphatic carbocycles. The second-order valence-electron chi connectivity index (χ2n) is 7.49. The minimum atomic E-state index is -4.62. The number of rotatable bonds is 6. The smallest absolute Gasteiger partial charge is 0.435 e. The van der Waals surface area contributed by atoms with Crippen molar-refractivity contribution in [3.8, 4) is 22.6 Å². The first kappa shape index (κ1) is 23.8. The molecule has 0 bridgehead atoms. The summed E-state index contributed by atoms with van der Waals surface area (Å²) in [5.74, 6) is 0.420. The fourth-order valence-electron chi connectivity index (χ4n) is 3.30. The van der Waals surface area contributed by atoms with Crippen LogP contribution in [0.2, 0.25) is 5.02 Å². The van der Waals surface area contributed by atoms with Crippen molar-refractivity contribution in [3.05, 3.63) is 95.3 Å². The number of para-hydroxylation sites is 1. The summed E-state index contributed by atoms with van der Waals surface area (Å²) in [7, 11) is -3.34. The molecule has 0 saturated carbocycles. The molecule has 3 aromatic carbocycles. The van der Waals surface area contributed by atoms with Gasteiger partial charge in [0.1, 0.15) is 12.4 Å². The Morgan fingerprint density at radius 3 is 2.29 bits per heavy atom. The van der Waals surface area contributed by atoms with Crippen LogP contribution in [0, 0.1) is 0 Å². The maximum Gasteiger partial charge on any atom is 0.435 e. The first-order chi connectivity index (χ1) is 16.0. The first-order valence-corrected chi connectivity index (χ1v) is 12.2. The van der Waals surface area contributed by atoms with E-state index in [0.29, 0.717) is 17.0 Å². The molecule has 0 aliphatic rings. The molecule has 0 spiro atoms. The molecule has 5 nitrogen and oxygen atoms in total. The van der Waals surface area contributed by atoms with Gasteiger partial charge in [0.25, 0.3) is 0 Å². The van der Waals surface area contributed by atoms with Crippen LogP contribution in [0.15, 0.2) is 83.8 Å². The normalized spacial score (nSPS) is 12.0. The lowest BCUT2D eigenvalue weighted by atomic mass is 10.1. The molecule has 0 amide bonds. The van der Waals surface area contributed by atoms with Gasteiger partial charge in [0, 0.05) is 6.26 Å². The van der Waals surface area contributed by atoms with Crippen molar-refractivity contribution in [1.29, 1.82) is 0 Å². The van der Waals surface area contributed by atoms with Crippen LogP contribution in [0.5, 0.6) is 5.75 Å². The van der Waals surface area contributed by atoms with E-state index in [2.05, 4.69) is 5.10 Å². The average molecular weight is 507 g/mol. The van der Waals surface area contributed by atoms with Crippen LogP contribution in [-0.2, 0) is 22.6 Å². The van der Waals surface area contributed by atoms with E-state index in [-0.39, 0.29) is 22.2 Å². The highest BCUT2D eigenvalue weighted by atomic mass is 35.5. The number of sulfone groups is 1. The third-order valence-corrected chi connectivity index (χ3v) is 6.42. The van der Waals surface area contributed by atoms with Crippen molar-refractivity contribution in [2.75, 3.05) is 6.26 Å². The van der Waals surface area contributed by atoms with Gasteiger partial charge in [0.15, 0.2) is 15.5 Å².